The van der Waals surface area contributed by atoms with Gasteiger partial charge in [0.1, 0.15) is 5.75 Å². The largest absolute Gasteiger partial charge is 0.425 e. The Morgan fingerprint density at radius 3 is 2.52 bits per heavy atom. The predicted octanol–water partition coefficient (Wildman–Crippen LogP) is 2.92. The van der Waals surface area contributed by atoms with Crippen molar-refractivity contribution in [2.24, 2.45) is 5.41 Å². The fourth-order valence-electron chi connectivity index (χ4n) is 4.83. The molecule has 0 N–H and O–H groups in total. The van der Waals surface area contributed by atoms with E-state index >= 15 is 0 Å². The van der Waals surface area contributed by atoms with E-state index in [9.17, 15) is 9.59 Å². The molecule has 1 amide bonds. The first-order chi connectivity index (χ1) is 12.0. The summed E-state index contributed by atoms with van der Waals surface area (Å²) in [6.45, 7) is 9.56. The zero-order chi connectivity index (χ0) is 18.2. The van der Waals surface area contributed by atoms with E-state index in [2.05, 4.69) is 0 Å². The van der Waals surface area contributed by atoms with Crippen molar-refractivity contribution in [3.05, 3.63) is 29.8 Å². The summed E-state index contributed by atoms with van der Waals surface area (Å²) in [5, 5.41) is 0. The molecule has 2 aliphatic rings. The lowest BCUT2D eigenvalue weighted by atomic mass is 9.42. The van der Waals surface area contributed by atoms with Gasteiger partial charge in [0.2, 0.25) is 5.91 Å². The second kappa shape index (κ2) is 6.45. The number of ether oxygens (including phenoxy) is 2. The fourth-order valence-corrected chi connectivity index (χ4v) is 4.83. The Bertz CT molecular complexity index is 684. The molecule has 3 rings (SSSR count). The zero-order valence-corrected chi connectivity index (χ0v) is 15.5. The molecule has 0 aromatic heterocycles. The highest BCUT2D eigenvalue weighted by Crippen LogP contribution is 2.66. The molecule has 5 heteroatoms. The molecule has 0 spiro atoms. The summed E-state index contributed by atoms with van der Waals surface area (Å²) < 4.78 is 11.6. The van der Waals surface area contributed by atoms with Crippen molar-refractivity contribution >= 4 is 11.9 Å². The first kappa shape index (κ1) is 17.9. The first-order valence-corrected chi connectivity index (χ1v) is 9.26. The minimum Gasteiger partial charge on any atom is -0.425 e. The molecule has 3 atom stereocenters. The van der Waals surface area contributed by atoms with Crippen LogP contribution in [-0.2, 0) is 19.7 Å². The lowest BCUT2D eigenvalue weighted by Crippen LogP contribution is -2.76. The van der Waals surface area contributed by atoms with E-state index in [-0.39, 0.29) is 12.0 Å². The van der Waals surface area contributed by atoms with Crippen LogP contribution in [0.5, 0.6) is 5.75 Å². The number of esters is 1. The number of para-hydroxylation sites is 1. The van der Waals surface area contributed by atoms with E-state index in [1.807, 2.05) is 45.9 Å². The quantitative estimate of drug-likeness (QED) is 0.452. The first-order valence-electron chi connectivity index (χ1n) is 9.26. The predicted molar refractivity (Wildman–Crippen MR) is 94.4 cm³/mol. The van der Waals surface area contributed by atoms with Crippen LogP contribution in [0.4, 0.5) is 0 Å². The number of hydrogen-bond acceptors (Lipinski definition) is 4. The van der Waals surface area contributed by atoms with E-state index in [1.54, 1.807) is 11.0 Å². The minimum absolute atomic E-state index is 0.130. The number of carbonyl (C=O) groups is 2. The average Bonchev–Trinajstić information content (AvgIpc) is 2.60. The molecule has 1 aromatic rings. The number of nitrogens with zero attached hydrogens (tertiary/aromatic N) is 1. The minimum atomic E-state index is -1.18. The molecule has 1 saturated carbocycles. The Hall–Kier alpha value is -1.88. The summed E-state index contributed by atoms with van der Waals surface area (Å²) in [6.07, 6.45) is 0.879. The molecule has 5 nitrogen and oxygen atoms in total. The van der Waals surface area contributed by atoms with E-state index in [0.29, 0.717) is 38.3 Å². The Morgan fingerprint density at radius 1 is 1.24 bits per heavy atom. The number of fused-ring (bicyclic) bond motifs is 3. The highest BCUT2D eigenvalue weighted by Gasteiger charge is 2.77. The highest BCUT2D eigenvalue weighted by atomic mass is 16.5. The van der Waals surface area contributed by atoms with E-state index < -0.39 is 16.8 Å². The van der Waals surface area contributed by atoms with Gasteiger partial charge in [-0.05, 0) is 33.3 Å². The molecule has 0 saturated heterocycles. The molecule has 1 heterocycles. The van der Waals surface area contributed by atoms with Crippen molar-refractivity contribution in [1.82, 2.24) is 4.90 Å². The Kier molecular flexibility index (Phi) is 4.62. The lowest BCUT2D eigenvalue weighted by molar-refractivity contribution is -0.209. The van der Waals surface area contributed by atoms with Crippen molar-refractivity contribution < 1.29 is 19.1 Å². The molecule has 0 bridgehead atoms. The van der Waals surface area contributed by atoms with Crippen LogP contribution in [0.3, 0.4) is 0 Å². The SMILES string of the molecule is CCO[C@@H]1C[C@@]2(C(=O)N(CC)CC)C(=O)Oc3ccccc3[C@@]12CC. The van der Waals surface area contributed by atoms with Gasteiger partial charge < -0.3 is 14.4 Å². The number of carbonyl (C=O) groups excluding carboxylic acids is 2. The average molecular weight is 345 g/mol. The van der Waals surface area contributed by atoms with Crippen LogP contribution in [0.2, 0.25) is 0 Å². The maximum Gasteiger partial charge on any atom is 0.328 e. The zero-order valence-electron chi connectivity index (χ0n) is 15.5. The normalized spacial score (nSPS) is 29.9. The highest BCUT2D eigenvalue weighted by molar-refractivity contribution is 6.08. The smallest absolute Gasteiger partial charge is 0.328 e. The summed E-state index contributed by atoms with van der Waals surface area (Å²) in [5.41, 5.74) is -0.918. The number of hydrogen-bond donors (Lipinski definition) is 0. The maximum atomic E-state index is 13.4. The Labute approximate surface area is 149 Å². The van der Waals surface area contributed by atoms with Gasteiger partial charge in [-0.3, -0.25) is 9.59 Å². The Morgan fingerprint density at radius 2 is 1.92 bits per heavy atom. The van der Waals surface area contributed by atoms with Gasteiger partial charge in [-0.15, -0.1) is 0 Å². The molecule has 1 aliphatic carbocycles. The third-order valence-corrected chi connectivity index (χ3v) is 6.06. The van der Waals surface area contributed by atoms with Crippen LogP contribution < -0.4 is 4.74 Å². The van der Waals surface area contributed by atoms with Gasteiger partial charge in [0, 0.05) is 31.7 Å². The van der Waals surface area contributed by atoms with Gasteiger partial charge in [0.25, 0.3) is 0 Å². The summed E-state index contributed by atoms with van der Waals surface area (Å²) in [6, 6.07) is 7.56. The van der Waals surface area contributed by atoms with Crippen LogP contribution in [0, 0.1) is 5.41 Å². The second-order valence-electron chi connectivity index (χ2n) is 6.74. The van der Waals surface area contributed by atoms with Crippen molar-refractivity contribution in [2.45, 2.75) is 52.1 Å². The number of rotatable bonds is 6. The van der Waals surface area contributed by atoms with Crippen LogP contribution >= 0.6 is 0 Å². The van der Waals surface area contributed by atoms with Crippen molar-refractivity contribution in [1.29, 1.82) is 0 Å². The summed E-state index contributed by atoms with van der Waals surface area (Å²) >= 11 is 0. The second-order valence-corrected chi connectivity index (χ2v) is 6.74. The van der Waals surface area contributed by atoms with Crippen LogP contribution in [0.1, 0.15) is 46.1 Å². The van der Waals surface area contributed by atoms with Crippen molar-refractivity contribution in [3.63, 3.8) is 0 Å². The topological polar surface area (TPSA) is 55.8 Å². The van der Waals surface area contributed by atoms with Gasteiger partial charge in [-0.1, -0.05) is 25.1 Å². The summed E-state index contributed by atoms with van der Waals surface area (Å²) in [5.74, 6) is -0.00238. The molecule has 1 aliphatic heterocycles. The molecule has 0 unspecified atom stereocenters. The van der Waals surface area contributed by atoms with Crippen LogP contribution in [0.25, 0.3) is 0 Å². The molecule has 1 aromatic carbocycles. The van der Waals surface area contributed by atoms with E-state index in [1.165, 1.54) is 0 Å². The van der Waals surface area contributed by atoms with Crippen LogP contribution in [0.15, 0.2) is 24.3 Å². The summed E-state index contributed by atoms with van der Waals surface area (Å²) in [7, 11) is 0. The molecular formula is C20H27NO4. The molecule has 1 fully saturated rings. The van der Waals surface area contributed by atoms with Gasteiger partial charge >= 0.3 is 5.97 Å². The fraction of sp³-hybridized carbons (Fsp3) is 0.600. The third kappa shape index (κ3) is 2.11. The number of amides is 1. The third-order valence-electron chi connectivity index (χ3n) is 6.06. The van der Waals surface area contributed by atoms with Gasteiger partial charge in [0.05, 0.1) is 11.5 Å². The van der Waals surface area contributed by atoms with Crippen molar-refractivity contribution in [3.8, 4) is 5.75 Å². The molecular weight excluding hydrogens is 318 g/mol. The van der Waals surface area contributed by atoms with Crippen LogP contribution in [-0.4, -0.2) is 42.6 Å². The monoisotopic (exact) mass is 345 g/mol. The van der Waals surface area contributed by atoms with Gasteiger partial charge in [-0.2, -0.15) is 0 Å². The van der Waals surface area contributed by atoms with Crippen molar-refractivity contribution in [2.75, 3.05) is 19.7 Å². The van der Waals surface area contributed by atoms with E-state index in [0.717, 1.165) is 5.56 Å². The maximum absolute atomic E-state index is 13.4. The molecule has 136 valence electrons. The van der Waals surface area contributed by atoms with Gasteiger partial charge in [-0.25, -0.2) is 0 Å². The van der Waals surface area contributed by atoms with E-state index in [4.69, 9.17) is 9.47 Å². The van der Waals surface area contributed by atoms with Gasteiger partial charge in [0.15, 0.2) is 5.41 Å². The Balaban J connectivity index is 2.20. The molecule has 25 heavy (non-hydrogen) atoms. The molecule has 0 radical (unpaired) electrons. The lowest BCUT2D eigenvalue weighted by Gasteiger charge is -2.63. The number of benzene rings is 1. The summed E-state index contributed by atoms with van der Waals surface area (Å²) in [4.78, 5) is 28.3. The standard InChI is InChI=1S/C20H27NO4/c1-5-19-14-11-9-10-12-15(14)25-18(23)20(19,13-16(19)24-8-4)17(22)21(6-2)7-3/h9-12,16H,5-8,13H2,1-4H3/t16-,19+,20-/m1/s1.